The normalized spacial score (nSPS) is 25.2. The second-order valence-corrected chi connectivity index (χ2v) is 8.03. The zero-order valence-electron chi connectivity index (χ0n) is 11.3. The van der Waals surface area contributed by atoms with Crippen molar-refractivity contribution in [3.8, 4) is 0 Å². The Morgan fingerprint density at radius 1 is 1.50 bits per heavy atom. The molecular weight excluding hydrogens is 262 g/mol. The Balaban J connectivity index is 2.09. The molecule has 0 spiro atoms. The summed E-state index contributed by atoms with van der Waals surface area (Å²) in [6, 6.07) is 3.12. The fourth-order valence-corrected chi connectivity index (χ4v) is 5.08. The van der Waals surface area contributed by atoms with Crippen LogP contribution in [0.25, 0.3) is 0 Å². The zero-order valence-corrected chi connectivity index (χ0v) is 13.0. The van der Waals surface area contributed by atoms with Crippen LogP contribution >= 0.6 is 23.1 Å². The lowest BCUT2D eigenvalue weighted by Crippen LogP contribution is -2.39. The van der Waals surface area contributed by atoms with Crippen molar-refractivity contribution in [3.05, 3.63) is 17.0 Å². The van der Waals surface area contributed by atoms with Crippen LogP contribution in [0, 0.1) is 5.92 Å². The third-order valence-corrected chi connectivity index (χ3v) is 5.91. The second kappa shape index (κ2) is 6.42. The summed E-state index contributed by atoms with van der Waals surface area (Å²) in [4.78, 5) is 0. The molecule has 2 nitrogen and oxygen atoms in total. The van der Waals surface area contributed by atoms with Gasteiger partial charge < -0.3 is 10.4 Å². The van der Waals surface area contributed by atoms with Crippen molar-refractivity contribution >= 4 is 23.1 Å². The summed E-state index contributed by atoms with van der Waals surface area (Å²) in [7, 11) is 0. The highest BCUT2D eigenvalue weighted by Crippen LogP contribution is 2.44. The molecule has 0 amide bonds. The van der Waals surface area contributed by atoms with Crippen LogP contribution in [0.15, 0.2) is 15.7 Å². The van der Waals surface area contributed by atoms with Crippen molar-refractivity contribution in [1.29, 1.82) is 0 Å². The molecule has 1 aliphatic heterocycles. The maximum Gasteiger partial charge on any atom is 0.0649 e. The van der Waals surface area contributed by atoms with Crippen LogP contribution in [-0.4, -0.2) is 23.0 Å². The molecule has 1 aliphatic rings. The molecule has 2 heterocycles. The lowest BCUT2D eigenvalue weighted by molar-refractivity contribution is 0.232. The molecule has 3 atom stereocenters. The number of rotatable bonds is 5. The monoisotopic (exact) mass is 285 g/mol. The van der Waals surface area contributed by atoms with Crippen LogP contribution in [0.5, 0.6) is 0 Å². The molecule has 0 bridgehead atoms. The third-order valence-electron chi connectivity index (χ3n) is 3.57. The largest absolute Gasteiger partial charge is 0.396 e. The molecule has 2 unspecified atom stereocenters. The van der Waals surface area contributed by atoms with E-state index in [9.17, 15) is 5.11 Å². The predicted molar refractivity (Wildman–Crippen MR) is 80.5 cm³/mol. The highest BCUT2D eigenvalue weighted by atomic mass is 32.2. The van der Waals surface area contributed by atoms with Gasteiger partial charge in [0.1, 0.15) is 0 Å². The van der Waals surface area contributed by atoms with Crippen molar-refractivity contribution in [3.63, 3.8) is 0 Å². The Morgan fingerprint density at radius 2 is 2.28 bits per heavy atom. The van der Waals surface area contributed by atoms with Gasteiger partial charge >= 0.3 is 0 Å². The number of thiophene rings is 1. The number of nitrogens with one attached hydrogen (secondary N) is 1. The maximum absolute atomic E-state index is 9.18. The molecule has 2 rings (SSSR count). The van der Waals surface area contributed by atoms with E-state index in [-0.39, 0.29) is 6.61 Å². The van der Waals surface area contributed by atoms with Gasteiger partial charge in [-0.1, -0.05) is 20.8 Å². The topological polar surface area (TPSA) is 32.3 Å². The van der Waals surface area contributed by atoms with Gasteiger partial charge in [-0.05, 0) is 35.8 Å². The minimum Gasteiger partial charge on any atom is -0.396 e. The first-order valence-electron chi connectivity index (χ1n) is 6.72. The summed E-state index contributed by atoms with van der Waals surface area (Å²) in [5, 5.41) is 15.8. The molecule has 1 aromatic rings. The van der Waals surface area contributed by atoms with E-state index in [1.54, 1.807) is 0 Å². The Hall–Kier alpha value is -0.0300. The van der Waals surface area contributed by atoms with Crippen LogP contribution in [0.2, 0.25) is 0 Å². The summed E-state index contributed by atoms with van der Waals surface area (Å²) in [5.74, 6) is 0.559. The lowest BCUT2D eigenvalue weighted by atomic mass is 9.97. The van der Waals surface area contributed by atoms with Crippen molar-refractivity contribution in [1.82, 2.24) is 5.32 Å². The van der Waals surface area contributed by atoms with Crippen LogP contribution in [0.4, 0.5) is 0 Å². The van der Waals surface area contributed by atoms with Crippen molar-refractivity contribution in [2.24, 2.45) is 5.92 Å². The maximum atomic E-state index is 9.18. The fraction of sp³-hybridized carbons (Fsp3) is 0.714. The number of hydrogen-bond donors (Lipinski definition) is 2. The van der Waals surface area contributed by atoms with E-state index in [2.05, 4.69) is 37.5 Å². The van der Waals surface area contributed by atoms with Gasteiger partial charge in [0.2, 0.25) is 0 Å². The van der Waals surface area contributed by atoms with E-state index in [0.717, 1.165) is 6.42 Å². The average molecular weight is 285 g/mol. The number of thioether (sulfide) groups is 1. The SMILES string of the molecule is CC(C)C(CCO)NC1C[C@H](C)Sc2sccc21. The molecule has 0 saturated carbocycles. The Labute approximate surface area is 118 Å². The van der Waals surface area contributed by atoms with Crippen LogP contribution in [0.1, 0.15) is 45.2 Å². The van der Waals surface area contributed by atoms with Gasteiger partial charge in [0, 0.05) is 23.9 Å². The van der Waals surface area contributed by atoms with Gasteiger partial charge in [-0.2, -0.15) is 0 Å². The molecule has 4 heteroatoms. The number of aliphatic hydroxyl groups excluding tert-OH is 1. The Morgan fingerprint density at radius 3 is 2.94 bits per heavy atom. The highest BCUT2D eigenvalue weighted by molar-refractivity contribution is 8.01. The standard InChI is InChI=1S/C14H23NOS2/c1-9(2)12(4-6-16)15-13-8-10(3)18-14-11(13)5-7-17-14/h5,7,9-10,12-13,15-16H,4,6,8H2,1-3H3/t10-,12?,13?/m0/s1. The van der Waals surface area contributed by atoms with E-state index in [1.807, 2.05) is 23.1 Å². The quantitative estimate of drug-likeness (QED) is 0.866. The lowest BCUT2D eigenvalue weighted by Gasteiger charge is -2.32. The molecule has 1 aromatic heterocycles. The molecule has 0 saturated heterocycles. The van der Waals surface area contributed by atoms with E-state index < -0.39 is 0 Å². The van der Waals surface area contributed by atoms with Crippen molar-refractivity contribution < 1.29 is 5.11 Å². The van der Waals surface area contributed by atoms with E-state index in [1.165, 1.54) is 16.2 Å². The average Bonchev–Trinajstić information content (AvgIpc) is 2.76. The Kier molecular flexibility index (Phi) is 5.13. The molecule has 0 fully saturated rings. The minimum atomic E-state index is 0.267. The van der Waals surface area contributed by atoms with E-state index >= 15 is 0 Å². The molecule has 18 heavy (non-hydrogen) atoms. The zero-order chi connectivity index (χ0) is 13.1. The fourth-order valence-electron chi connectivity index (χ4n) is 2.51. The van der Waals surface area contributed by atoms with Crippen molar-refractivity contribution in [2.75, 3.05) is 6.61 Å². The smallest absolute Gasteiger partial charge is 0.0649 e. The number of fused-ring (bicyclic) bond motifs is 1. The van der Waals surface area contributed by atoms with Gasteiger partial charge in [-0.3, -0.25) is 0 Å². The molecule has 0 aliphatic carbocycles. The summed E-state index contributed by atoms with van der Waals surface area (Å²) in [6.45, 7) is 7.02. The minimum absolute atomic E-state index is 0.267. The summed E-state index contributed by atoms with van der Waals surface area (Å²) < 4.78 is 1.47. The number of hydrogen-bond acceptors (Lipinski definition) is 4. The van der Waals surface area contributed by atoms with Crippen LogP contribution in [0.3, 0.4) is 0 Å². The summed E-state index contributed by atoms with van der Waals surface area (Å²) >= 11 is 3.86. The molecule has 2 N–H and O–H groups in total. The molecule has 0 aromatic carbocycles. The molecule has 102 valence electrons. The van der Waals surface area contributed by atoms with Crippen molar-refractivity contribution in [2.45, 2.75) is 55.2 Å². The number of aliphatic hydroxyl groups is 1. The third kappa shape index (κ3) is 3.29. The first-order valence-corrected chi connectivity index (χ1v) is 8.48. The van der Waals surface area contributed by atoms with Gasteiger partial charge in [-0.15, -0.1) is 23.1 Å². The van der Waals surface area contributed by atoms with Gasteiger partial charge in [-0.25, -0.2) is 0 Å². The van der Waals surface area contributed by atoms with Gasteiger partial charge in [0.15, 0.2) is 0 Å². The van der Waals surface area contributed by atoms with Gasteiger partial charge in [0.05, 0.1) is 4.21 Å². The Bertz CT molecular complexity index is 378. The molecular formula is C14H23NOS2. The first kappa shape index (κ1) is 14.4. The van der Waals surface area contributed by atoms with Crippen LogP contribution in [-0.2, 0) is 0 Å². The van der Waals surface area contributed by atoms with E-state index in [4.69, 9.17) is 0 Å². The van der Waals surface area contributed by atoms with Gasteiger partial charge in [0.25, 0.3) is 0 Å². The summed E-state index contributed by atoms with van der Waals surface area (Å²) in [5.41, 5.74) is 1.46. The highest BCUT2D eigenvalue weighted by Gasteiger charge is 2.28. The first-order chi connectivity index (χ1) is 8.61. The predicted octanol–water partition coefficient (Wildman–Crippen LogP) is 3.67. The molecule has 0 radical (unpaired) electrons. The van der Waals surface area contributed by atoms with Crippen LogP contribution < -0.4 is 5.32 Å². The van der Waals surface area contributed by atoms with E-state index in [0.29, 0.717) is 23.3 Å². The summed E-state index contributed by atoms with van der Waals surface area (Å²) in [6.07, 6.45) is 2.03. The second-order valence-electron chi connectivity index (χ2n) is 5.41.